The normalized spacial score (nSPS) is 16.7. The van der Waals surface area contributed by atoms with Gasteiger partial charge in [0.15, 0.2) is 6.29 Å². The molecule has 2 aliphatic rings. The molecule has 2 rings (SSSR count). The number of terminal acetylenes is 1. The van der Waals surface area contributed by atoms with Crippen LogP contribution in [-0.2, 0) is 19.2 Å². The number of amides is 4. The molecule has 10 heteroatoms. The van der Waals surface area contributed by atoms with E-state index < -0.39 is 41.3 Å². The summed E-state index contributed by atoms with van der Waals surface area (Å²) in [7, 11) is 1.89. The molecule has 0 radical (unpaired) electrons. The lowest BCUT2D eigenvalue weighted by molar-refractivity contribution is -0.143. The molecule has 0 aromatic rings. The van der Waals surface area contributed by atoms with Crippen LogP contribution in [0.4, 0.5) is 4.79 Å². The number of aldehydes is 1. The molecule has 1 saturated heterocycles. The molecule has 3 atom stereocenters. The Morgan fingerprint density at radius 3 is 1.96 bits per heavy atom. The van der Waals surface area contributed by atoms with Crippen LogP contribution < -0.4 is 21.7 Å². The molecule has 1 aliphatic heterocycles. The van der Waals surface area contributed by atoms with Gasteiger partial charge in [-0.25, -0.2) is 4.79 Å². The van der Waals surface area contributed by atoms with Crippen LogP contribution in [-0.4, -0.2) is 73.1 Å². The van der Waals surface area contributed by atoms with Gasteiger partial charge in [0.1, 0.15) is 12.1 Å². The van der Waals surface area contributed by atoms with Crippen LogP contribution in [0.3, 0.4) is 0 Å². The number of likely N-dealkylation sites (tertiary alicyclic amines) is 1. The summed E-state index contributed by atoms with van der Waals surface area (Å²) in [5.41, 5.74) is 4.92. The van der Waals surface area contributed by atoms with Gasteiger partial charge in [0.05, 0.1) is 6.04 Å². The molecule has 10 nitrogen and oxygen atoms in total. The number of hydrogen-bond donors (Lipinski definition) is 4. The van der Waals surface area contributed by atoms with Gasteiger partial charge in [0, 0.05) is 19.5 Å². The van der Waals surface area contributed by atoms with E-state index in [1.165, 1.54) is 11.3 Å². The Bertz CT molecular complexity index is 850. The molecule has 0 spiro atoms. The van der Waals surface area contributed by atoms with Gasteiger partial charge in [-0.3, -0.25) is 19.2 Å². The molecule has 0 aromatic carbocycles. The van der Waals surface area contributed by atoms with E-state index in [4.69, 9.17) is 12.2 Å². The van der Waals surface area contributed by atoms with Crippen molar-refractivity contribution in [2.24, 2.45) is 11.1 Å². The van der Waals surface area contributed by atoms with E-state index in [-0.39, 0.29) is 25.0 Å². The summed E-state index contributed by atoms with van der Waals surface area (Å²) in [5, 5.41) is 8.09. The van der Waals surface area contributed by atoms with Crippen LogP contribution in [0.15, 0.2) is 12.7 Å². The molecule has 45 heavy (non-hydrogen) atoms. The Morgan fingerprint density at radius 1 is 1.02 bits per heavy atom. The van der Waals surface area contributed by atoms with Crippen LogP contribution in [0.5, 0.6) is 0 Å². The van der Waals surface area contributed by atoms with Crippen molar-refractivity contribution in [3.05, 3.63) is 12.7 Å². The van der Waals surface area contributed by atoms with Crippen molar-refractivity contribution in [2.45, 2.75) is 145 Å². The first kappa shape index (κ1) is 48.7. The van der Waals surface area contributed by atoms with E-state index in [0.717, 1.165) is 38.6 Å². The lowest BCUT2D eigenvalue weighted by atomic mass is 9.70. The van der Waals surface area contributed by atoms with Gasteiger partial charge in [-0.15, -0.1) is 18.9 Å². The highest BCUT2D eigenvalue weighted by molar-refractivity contribution is 6.28. The summed E-state index contributed by atoms with van der Waals surface area (Å²) >= 11 is 0. The van der Waals surface area contributed by atoms with E-state index in [0.29, 0.717) is 19.4 Å². The number of nitrogens with one attached hydrogen (secondary N) is 3. The first-order chi connectivity index (χ1) is 21.6. The largest absolute Gasteiger partial charge is 0.352 e. The molecule has 5 N–H and O–H groups in total. The Morgan fingerprint density at radius 2 is 1.56 bits per heavy atom. The van der Waals surface area contributed by atoms with E-state index in [1.54, 1.807) is 0 Å². The monoisotopic (exact) mass is 638 g/mol. The molecular weight excluding hydrogens is 570 g/mol. The van der Waals surface area contributed by atoms with Gasteiger partial charge in [0.2, 0.25) is 17.6 Å². The van der Waals surface area contributed by atoms with E-state index >= 15 is 0 Å². The number of carbonyl (C=O) groups excluding carboxylic acids is 5. The highest BCUT2D eigenvalue weighted by atomic mass is 16.2. The second-order valence-corrected chi connectivity index (χ2v) is 10.2. The number of carbonyl (C=O) groups is 5. The van der Waals surface area contributed by atoms with Crippen molar-refractivity contribution >= 4 is 29.9 Å². The Labute approximate surface area is 275 Å². The number of hydrogen-bond acceptors (Lipinski definition) is 6. The Kier molecular flexibility index (Phi) is 34.9. The molecule has 1 saturated carbocycles. The molecule has 1 heterocycles. The first-order valence-corrected chi connectivity index (χ1v) is 16.9. The molecule has 2 fully saturated rings. The number of ketones is 1. The zero-order valence-electron chi connectivity index (χ0n) is 30.2. The predicted molar refractivity (Wildman–Crippen MR) is 188 cm³/mol. The van der Waals surface area contributed by atoms with Crippen LogP contribution in [0.25, 0.3) is 0 Å². The standard InChI is InChI=1S/C22H32N4O5.C4H9N.C3H8.3C2H6/c1-3-4-9-15(17(28)14-27)24-19(29)16-10-8-13-26(16)20(30)18(25-21(23)31)22(2)11-6-5-7-12-22;1-3-4-5-2;1-3-2;3*1-2/h1,14-16,18H,4-13H2,2H3,(H,24,29)(H3,23,25,31);3,5H,1,4H2,2H3;3H2,1-2H3;3*1-2H3. The number of primary amides is 1. The van der Waals surface area contributed by atoms with Crippen molar-refractivity contribution in [3.8, 4) is 12.3 Å². The van der Waals surface area contributed by atoms with Crippen molar-refractivity contribution in [2.75, 3.05) is 20.1 Å². The minimum absolute atomic E-state index is 0.143. The third kappa shape index (κ3) is 20.5. The molecule has 0 aromatic heterocycles. The summed E-state index contributed by atoms with van der Waals surface area (Å²) in [4.78, 5) is 62.3. The van der Waals surface area contributed by atoms with E-state index in [1.807, 2.05) is 61.6 Å². The SMILES string of the molecule is C#CCCC(NC(=O)C1CCCN1C(=O)C(NC(N)=O)C1(C)CCCCC1)C(=O)C=O.C=CCNC.CC.CC.CC.CCC. The molecular formula is C35H67N5O5. The van der Waals surface area contributed by atoms with Gasteiger partial charge in [-0.1, -0.05) is 94.1 Å². The van der Waals surface area contributed by atoms with E-state index in [2.05, 4.69) is 42.3 Å². The fourth-order valence-electron chi connectivity index (χ4n) is 4.80. The number of urea groups is 1. The molecule has 262 valence electrons. The van der Waals surface area contributed by atoms with Crippen LogP contribution in [0, 0.1) is 17.8 Å². The zero-order chi connectivity index (χ0) is 35.8. The van der Waals surface area contributed by atoms with Gasteiger partial charge in [-0.05, 0) is 44.6 Å². The Hall–Kier alpha value is -3.19. The average molecular weight is 638 g/mol. The fourth-order valence-corrected chi connectivity index (χ4v) is 4.80. The lowest BCUT2D eigenvalue weighted by Gasteiger charge is -2.42. The first-order valence-electron chi connectivity index (χ1n) is 16.9. The Balaban J connectivity index is -0.000000513. The summed E-state index contributed by atoms with van der Waals surface area (Å²) in [6.45, 7) is 23.0. The van der Waals surface area contributed by atoms with E-state index in [9.17, 15) is 24.0 Å². The van der Waals surface area contributed by atoms with Gasteiger partial charge >= 0.3 is 6.03 Å². The quantitative estimate of drug-likeness (QED) is 0.101. The number of nitrogens with zero attached hydrogens (tertiary/aromatic N) is 1. The third-order valence-electron chi connectivity index (χ3n) is 6.77. The fraction of sp³-hybridized carbons (Fsp3) is 0.743. The second kappa shape index (κ2) is 32.2. The van der Waals surface area contributed by atoms with Crippen molar-refractivity contribution in [3.63, 3.8) is 0 Å². The van der Waals surface area contributed by atoms with Gasteiger partial charge < -0.3 is 26.6 Å². The lowest BCUT2D eigenvalue weighted by Crippen LogP contribution is -2.60. The number of nitrogens with two attached hydrogens (primary N) is 1. The summed E-state index contributed by atoms with van der Waals surface area (Å²) in [6.07, 6.45) is 14.4. The third-order valence-corrected chi connectivity index (χ3v) is 6.77. The summed E-state index contributed by atoms with van der Waals surface area (Å²) in [6, 6.07) is -3.41. The maximum absolute atomic E-state index is 13.5. The van der Waals surface area contributed by atoms with Crippen LogP contribution >= 0.6 is 0 Å². The van der Waals surface area contributed by atoms with Crippen molar-refractivity contribution < 1.29 is 24.0 Å². The predicted octanol–water partition coefficient (Wildman–Crippen LogP) is 5.54. The summed E-state index contributed by atoms with van der Waals surface area (Å²) in [5.74, 6) is 0.773. The summed E-state index contributed by atoms with van der Waals surface area (Å²) < 4.78 is 0. The average Bonchev–Trinajstić information content (AvgIpc) is 3.56. The number of Topliss-reactive ketones (excluding diaryl/α,β-unsaturated/α-hetero) is 1. The van der Waals surface area contributed by atoms with Gasteiger partial charge in [-0.2, -0.15) is 0 Å². The molecule has 1 aliphatic carbocycles. The van der Waals surface area contributed by atoms with Gasteiger partial charge in [0.25, 0.3) is 0 Å². The maximum atomic E-state index is 13.5. The molecule has 3 unspecified atom stereocenters. The minimum Gasteiger partial charge on any atom is -0.352 e. The van der Waals surface area contributed by atoms with Crippen molar-refractivity contribution in [1.82, 2.24) is 20.9 Å². The topological polar surface area (TPSA) is 151 Å². The smallest absolute Gasteiger partial charge is 0.312 e. The number of likely N-dealkylation sites (N-methyl/N-ethyl adjacent to an activating group) is 1. The minimum atomic E-state index is -1.02. The highest BCUT2D eigenvalue weighted by Crippen LogP contribution is 2.40. The molecule has 0 bridgehead atoms. The highest BCUT2D eigenvalue weighted by Gasteiger charge is 2.46. The zero-order valence-corrected chi connectivity index (χ0v) is 30.2. The maximum Gasteiger partial charge on any atom is 0.312 e. The second-order valence-electron chi connectivity index (χ2n) is 10.2. The molecule has 4 amide bonds. The van der Waals surface area contributed by atoms with Crippen molar-refractivity contribution in [1.29, 1.82) is 0 Å². The number of rotatable bonds is 11. The van der Waals surface area contributed by atoms with Crippen LogP contribution in [0.2, 0.25) is 0 Å². The van der Waals surface area contributed by atoms with Crippen LogP contribution in [0.1, 0.15) is 127 Å².